The number of benzene rings is 1. The first-order valence-corrected chi connectivity index (χ1v) is 11.9. The molecule has 0 aromatic heterocycles. The SMILES string of the molecule is CCc1ccc(CCCC[C@H]2CC[C@H](C3CCC(/C=C/C#N)CC3)CC2)cc1. The molecule has 0 atom stereocenters. The Morgan fingerprint density at radius 2 is 1.46 bits per heavy atom. The molecule has 2 aliphatic carbocycles. The molecule has 152 valence electrons. The van der Waals surface area contributed by atoms with Gasteiger partial charge >= 0.3 is 0 Å². The van der Waals surface area contributed by atoms with E-state index in [0.717, 1.165) is 24.2 Å². The number of rotatable bonds is 8. The van der Waals surface area contributed by atoms with Crippen LogP contribution in [0.4, 0.5) is 0 Å². The monoisotopic (exact) mass is 377 g/mol. The lowest BCUT2D eigenvalue weighted by Gasteiger charge is -2.37. The number of allylic oxidation sites excluding steroid dienone is 2. The Labute approximate surface area is 173 Å². The van der Waals surface area contributed by atoms with Gasteiger partial charge < -0.3 is 0 Å². The molecule has 0 saturated heterocycles. The molecule has 2 fully saturated rings. The molecule has 28 heavy (non-hydrogen) atoms. The van der Waals surface area contributed by atoms with Crippen LogP contribution in [0.5, 0.6) is 0 Å². The van der Waals surface area contributed by atoms with Gasteiger partial charge in [0.05, 0.1) is 6.07 Å². The van der Waals surface area contributed by atoms with Crippen molar-refractivity contribution in [2.45, 2.75) is 90.4 Å². The molecule has 1 heteroatoms. The van der Waals surface area contributed by atoms with Crippen molar-refractivity contribution in [2.75, 3.05) is 0 Å². The van der Waals surface area contributed by atoms with Gasteiger partial charge in [0.1, 0.15) is 0 Å². The van der Waals surface area contributed by atoms with Crippen LogP contribution in [0, 0.1) is 35.0 Å². The van der Waals surface area contributed by atoms with Crippen LogP contribution in [-0.2, 0) is 12.8 Å². The summed E-state index contributed by atoms with van der Waals surface area (Å²) in [6.45, 7) is 2.23. The van der Waals surface area contributed by atoms with Crippen LogP contribution in [0.1, 0.15) is 88.7 Å². The van der Waals surface area contributed by atoms with E-state index in [0.29, 0.717) is 5.92 Å². The Morgan fingerprint density at radius 3 is 2.07 bits per heavy atom. The third kappa shape index (κ3) is 6.51. The van der Waals surface area contributed by atoms with E-state index in [1.54, 1.807) is 6.08 Å². The average Bonchev–Trinajstić information content (AvgIpc) is 2.76. The Hall–Kier alpha value is -1.55. The molecule has 0 amide bonds. The largest absolute Gasteiger partial charge is 0.193 e. The van der Waals surface area contributed by atoms with Crippen LogP contribution in [0.15, 0.2) is 36.4 Å². The van der Waals surface area contributed by atoms with Crippen LogP contribution in [-0.4, -0.2) is 0 Å². The standard InChI is InChI=1S/C27H39N/c1-2-22-9-11-23(12-10-22)6-3-4-7-24-13-17-26(18-14-24)27-19-15-25(16-20-27)8-5-21-28/h5,8-12,24-27H,2-4,6-7,13-20H2,1H3/b8-5+/t24-,25?,26-,27?. The van der Waals surface area contributed by atoms with Gasteiger partial charge in [-0.2, -0.15) is 5.26 Å². The molecule has 0 unspecified atom stereocenters. The highest BCUT2D eigenvalue weighted by Crippen LogP contribution is 2.42. The summed E-state index contributed by atoms with van der Waals surface area (Å²) in [5.74, 6) is 3.63. The van der Waals surface area contributed by atoms with Crippen LogP contribution in [0.2, 0.25) is 0 Å². The molecule has 2 saturated carbocycles. The van der Waals surface area contributed by atoms with Gasteiger partial charge in [0.25, 0.3) is 0 Å². The maximum absolute atomic E-state index is 8.70. The molecule has 0 bridgehead atoms. The Kier molecular flexibility index (Phi) is 8.66. The molecule has 0 N–H and O–H groups in total. The number of unbranched alkanes of at least 4 members (excludes halogenated alkanes) is 1. The van der Waals surface area contributed by atoms with E-state index in [9.17, 15) is 0 Å². The molecule has 0 aliphatic heterocycles. The van der Waals surface area contributed by atoms with Crippen LogP contribution >= 0.6 is 0 Å². The summed E-state index contributed by atoms with van der Waals surface area (Å²) >= 11 is 0. The van der Waals surface area contributed by atoms with Gasteiger partial charge in [-0.05, 0) is 92.6 Å². The fourth-order valence-corrected chi connectivity index (χ4v) is 5.64. The fraction of sp³-hybridized carbons (Fsp3) is 0.667. The second-order valence-corrected chi connectivity index (χ2v) is 9.36. The van der Waals surface area contributed by atoms with Gasteiger partial charge in [0, 0.05) is 6.08 Å². The van der Waals surface area contributed by atoms with Gasteiger partial charge in [-0.15, -0.1) is 0 Å². The van der Waals surface area contributed by atoms with Crippen molar-refractivity contribution in [3.05, 3.63) is 47.5 Å². The quantitative estimate of drug-likeness (QED) is 0.337. The van der Waals surface area contributed by atoms with Crippen molar-refractivity contribution in [3.8, 4) is 6.07 Å². The first-order chi connectivity index (χ1) is 13.8. The van der Waals surface area contributed by atoms with Crippen molar-refractivity contribution < 1.29 is 0 Å². The zero-order chi connectivity index (χ0) is 19.6. The van der Waals surface area contributed by atoms with E-state index >= 15 is 0 Å². The second-order valence-electron chi connectivity index (χ2n) is 9.36. The van der Waals surface area contributed by atoms with Crippen LogP contribution in [0.3, 0.4) is 0 Å². The topological polar surface area (TPSA) is 23.8 Å². The fourth-order valence-electron chi connectivity index (χ4n) is 5.64. The number of nitriles is 1. The first-order valence-electron chi connectivity index (χ1n) is 11.9. The Balaban J connectivity index is 1.28. The zero-order valence-electron chi connectivity index (χ0n) is 17.9. The van der Waals surface area contributed by atoms with Gasteiger partial charge in [-0.25, -0.2) is 0 Å². The highest BCUT2D eigenvalue weighted by atomic mass is 14.4. The Bertz CT molecular complexity index is 619. The van der Waals surface area contributed by atoms with Crippen molar-refractivity contribution in [3.63, 3.8) is 0 Å². The van der Waals surface area contributed by atoms with Crippen molar-refractivity contribution in [2.24, 2.45) is 23.7 Å². The zero-order valence-corrected chi connectivity index (χ0v) is 17.9. The smallest absolute Gasteiger partial charge is 0.0908 e. The summed E-state index contributed by atoms with van der Waals surface area (Å²) in [5.41, 5.74) is 2.97. The summed E-state index contributed by atoms with van der Waals surface area (Å²) in [4.78, 5) is 0. The maximum Gasteiger partial charge on any atom is 0.0908 e. The van der Waals surface area contributed by atoms with E-state index in [4.69, 9.17) is 5.26 Å². The normalized spacial score (nSPS) is 28.3. The minimum absolute atomic E-state index is 0.672. The molecule has 2 aliphatic rings. The molecular weight excluding hydrogens is 338 g/mol. The Morgan fingerprint density at radius 1 is 0.857 bits per heavy atom. The third-order valence-electron chi connectivity index (χ3n) is 7.58. The van der Waals surface area contributed by atoms with E-state index in [1.807, 2.05) is 0 Å². The predicted molar refractivity (Wildman–Crippen MR) is 119 cm³/mol. The lowest BCUT2D eigenvalue weighted by Crippen LogP contribution is -2.25. The predicted octanol–water partition coefficient (Wildman–Crippen LogP) is 7.65. The molecule has 3 rings (SSSR count). The van der Waals surface area contributed by atoms with Gasteiger partial charge in [-0.3, -0.25) is 0 Å². The molecule has 1 nitrogen and oxygen atoms in total. The summed E-state index contributed by atoms with van der Waals surface area (Å²) < 4.78 is 0. The lowest BCUT2D eigenvalue weighted by atomic mass is 9.68. The maximum atomic E-state index is 8.70. The summed E-state index contributed by atoms with van der Waals surface area (Å²) in [7, 11) is 0. The molecule has 1 aromatic rings. The summed E-state index contributed by atoms with van der Waals surface area (Å²) in [6.07, 6.45) is 21.8. The van der Waals surface area contributed by atoms with Gasteiger partial charge in [-0.1, -0.05) is 62.9 Å². The summed E-state index contributed by atoms with van der Waals surface area (Å²) in [6, 6.07) is 11.4. The number of hydrogen-bond donors (Lipinski definition) is 0. The number of hydrogen-bond acceptors (Lipinski definition) is 1. The third-order valence-corrected chi connectivity index (χ3v) is 7.58. The second kappa shape index (κ2) is 11.5. The van der Waals surface area contributed by atoms with Gasteiger partial charge in [0.2, 0.25) is 0 Å². The molecule has 1 aromatic carbocycles. The minimum Gasteiger partial charge on any atom is -0.193 e. The highest BCUT2D eigenvalue weighted by Gasteiger charge is 2.30. The van der Waals surface area contributed by atoms with E-state index < -0.39 is 0 Å². The first kappa shape index (κ1) is 21.2. The molecule has 0 radical (unpaired) electrons. The highest BCUT2D eigenvalue weighted by molar-refractivity contribution is 5.22. The molecule has 0 spiro atoms. The van der Waals surface area contributed by atoms with Gasteiger partial charge in [0.15, 0.2) is 0 Å². The lowest BCUT2D eigenvalue weighted by molar-refractivity contribution is 0.151. The van der Waals surface area contributed by atoms with Crippen molar-refractivity contribution >= 4 is 0 Å². The average molecular weight is 378 g/mol. The number of nitrogens with zero attached hydrogens (tertiary/aromatic N) is 1. The summed E-state index contributed by atoms with van der Waals surface area (Å²) in [5, 5.41) is 8.70. The van der Waals surface area contributed by atoms with Crippen molar-refractivity contribution in [1.29, 1.82) is 5.26 Å². The molecular formula is C27H39N. The molecule has 0 heterocycles. The van der Waals surface area contributed by atoms with E-state index in [-0.39, 0.29) is 0 Å². The van der Waals surface area contributed by atoms with Crippen LogP contribution < -0.4 is 0 Å². The van der Waals surface area contributed by atoms with Crippen LogP contribution in [0.25, 0.3) is 0 Å². The van der Waals surface area contributed by atoms with Crippen molar-refractivity contribution in [1.82, 2.24) is 0 Å². The minimum atomic E-state index is 0.672. The van der Waals surface area contributed by atoms with E-state index in [1.165, 1.54) is 88.2 Å². The van der Waals surface area contributed by atoms with E-state index in [2.05, 4.69) is 43.3 Å². The number of aryl methyl sites for hydroxylation is 2.